The van der Waals surface area contributed by atoms with Crippen LogP contribution < -0.4 is 5.56 Å². The number of hydrogen-bond donors (Lipinski definition) is 1. The molecule has 0 saturated heterocycles. The van der Waals surface area contributed by atoms with E-state index in [0.29, 0.717) is 17.5 Å². The lowest BCUT2D eigenvalue weighted by molar-refractivity contribution is 0.246. The first-order valence-electron chi connectivity index (χ1n) is 10.8. The van der Waals surface area contributed by atoms with E-state index in [0.717, 1.165) is 33.6 Å². The first kappa shape index (κ1) is 22.3. The highest BCUT2D eigenvalue weighted by Crippen LogP contribution is 2.21. The van der Waals surface area contributed by atoms with Crippen molar-refractivity contribution in [3.8, 4) is 11.8 Å². The third kappa shape index (κ3) is 4.64. The molecular weight excluding hydrogens is 412 g/mol. The van der Waals surface area contributed by atoms with Crippen molar-refractivity contribution in [1.82, 2.24) is 14.1 Å². The number of nitriles is 1. The summed E-state index contributed by atoms with van der Waals surface area (Å²) in [6.07, 6.45) is 5.68. The Hall–Kier alpha value is -3.95. The molecule has 0 unspecified atom stereocenters. The number of aliphatic hydroxyl groups excluding tert-OH is 1. The highest BCUT2D eigenvalue weighted by Gasteiger charge is 2.18. The Kier molecular flexibility index (Phi) is 6.25. The molecule has 0 aliphatic carbocycles. The molecule has 2 aromatic heterocycles. The Morgan fingerprint density at radius 3 is 2.42 bits per heavy atom. The summed E-state index contributed by atoms with van der Waals surface area (Å²) in [5.41, 5.74) is 6.63. The highest BCUT2D eigenvalue weighted by molar-refractivity contribution is 5.44. The second kappa shape index (κ2) is 9.27. The Labute approximate surface area is 193 Å². The van der Waals surface area contributed by atoms with Crippen molar-refractivity contribution in [2.75, 3.05) is 6.61 Å². The van der Waals surface area contributed by atoms with E-state index in [-0.39, 0.29) is 12.2 Å². The second-order valence-corrected chi connectivity index (χ2v) is 8.41. The molecule has 0 aliphatic rings. The molecule has 4 aromatic rings. The zero-order chi connectivity index (χ0) is 23.5. The van der Waals surface area contributed by atoms with Gasteiger partial charge in [-0.3, -0.25) is 4.79 Å². The van der Waals surface area contributed by atoms with Gasteiger partial charge in [-0.25, -0.2) is 4.98 Å². The lowest BCUT2D eigenvalue weighted by Gasteiger charge is -2.20. The van der Waals surface area contributed by atoms with Crippen molar-refractivity contribution in [2.45, 2.75) is 33.2 Å². The first-order valence-corrected chi connectivity index (χ1v) is 10.8. The highest BCUT2D eigenvalue weighted by atomic mass is 16.3. The number of benzene rings is 2. The first-order chi connectivity index (χ1) is 15.9. The normalized spacial score (nSPS) is 11.8. The van der Waals surface area contributed by atoms with Crippen LogP contribution in [-0.4, -0.2) is 25.8 Å². The zero-order valence-electron chi connectivity index (χ0n) is 19.0. The molecular formula is C27H26N4O2. The Bertz CT molecular complexity index is 1390. The molecule has 0 fully saturated rings. The van der Waals surface area contributed by atoms with Crippen molar-refractivity contribution in [3.05, 3.63) is 117 Å². The maximum Gasteiger partial charge on any atom is 0.254 e. The summed E-state index contributed by atoms with van der Waals surface area (Å²) in [6, 6.07) is 17.0. The molecule has 4 rings (SSSR count). The molecule has 0 aliphatic heterocycles. The van der Waals surface area contributed by atoms with Gasteiger partial charge in [0.15, 0.2) is 0 Å². The third-order valence-corrected chi connectivity index (χ3v) is 5.86. The summed E-state index contributed by atoms with van der Waals surface area (Å²) < 4.78 is 3.46. The topological polar surface area (TPSA) is 83.8 Å². The van der Waals surface area contributed by atoms with E-state index in [1.54, 1.807) is 12.4 Å². The summed E-state index contributed by atoms with van der Waals surface area (Å²) >= 11 is 0. The molecule has 1 N–H and O–H groups in total. The maximum absolute atomic E-state index is 13.4. The Morgan fingerprint density at radius 2 is 1.82 bits per heavy atom. The van der Waals surface area contributed by atoms with Gasteiger partial charge in [0.2, 0.25) is 0 Å². The molecule has 33 heavy (non-hydrogen) atoms. The fraction of sp³-hybridized carbons (Fsp3) is 0.222. The number of aromatic nitrogens is 3. The number of aryl methyl sites for hydroxylation is 3. The monoisotopic (exact) mass is 438 g/mol. The number of rotatable bonds is 6. The van der Waals surface area contributed by atoms with Gasteiger partial charge in [0, 0.05) is 30.1 Å². The minimum Gasteiger partial charge on any atom is -0.394 e. The van der Waals surface area contributed by atoms with Crippen LogP contribution in [0, 0.1) is 32.1 Å². The number of pyridine rings is 1. The van der Waals surface area contributed by atoms with E-state index < -0.39 is 6.04 Å². The van der Waals surface area contributed by atoms with Crippen LogP contribution in [0.5, 0.6) is 0 Å². The standard InChI is InChI=1S/C27H26N4O2/c1-18-4-7-23(8-5-18)26(16-32)31-15-22(13-28)12-24(27(31)33)11-21-6-9-25(19(2)10-21)30-14-20(3)29-17-30/h4-10,12,14-15,17,26,32H,11,16H2,1-3H3/t26-/m0/s1. The van der Waals surface area contributed by atoms with Crippen molar-refractivity contribution in [3.63, 3.8) is 0 Å². The van der Waals surface area contributed by atoms with Crippen molar-refractivity contribution >= 4 is 0 Å². The summed E-state index contributed by atoms with van der Waals surface area (Å²) in [5.74, 6) is 0. The van der Waals surface area contributed by atoms with E-state index in [1.165, 1.54) is 10.8 Å². The van der Waals surface area contributed by atoms with Gasteiger partial charge in [0.1, 0.15) is 6.07 Å². The van der Waals surface area contributed by atoms with E-state index in [9.17, 15) is 15.2 Å². The predicted molar refractivity (Wildman–Crippen MR) is 128 cm³/mol. The Balaban J connectivity index is 1.71. The Morgan fingerprint density at radius 1 is 1.06 bits per heavy atom. The van der Waals surface area contributed by atoms with Crippen molar-refractivity contribution < 1.29 is 5.11 Å². The third-order valence-electron chi connectivity index (χ3n) is 5.86. The lowest BCUT2D eigenvalue weighted by atomic mass is 10.0. The van der Waals surface area contributed by atoms with Crippen LogP contribution in [0.4, 0.5) is 0 Å². The van der Waals surface area contributed by atoms with Gasteiger partial charge in [-0.05, 0) is 49.6 Å². The molecule has 0 saturated carbocycles. The van der Waals surface area contributed by atoms with Gasteiger partial charge in [-0.1, -0.05) is 42.0 Å². The van der Waals surface area contributed by atoms with Crippen LogP contribution in [0.25, 0.3) is 5.69 Å². The molecule has 6 nitrogen and oxygen atoms in total. The molecule has 2 heterocycles. The average Bonchev–Trinajstić information content (AvgIpc) is 3.23. The van der Waals surface area contributed by atoms with E-state index in [2.05, 4.69) is 17.1 Å². The second-order valence-electron chi connectivity index (χ2n) is 8.41. The largest absolute Gasteiger partial charge is 0.394 e. The van der Waals surface area contributed by atoms with Gasteiger partial charge in [0.25, 0.3) is 5.56 Å². The van der Waals surface area contributed by atoms with Crippen molar-refractivity contribution in [2.24, 2.45) is 0 Å². The fourth-order valence-corrected chi connectivity index (χ4v) is 4.11. The summed E-state index contributed by atoms with van der Waals surface area (Å²) in [5, 5.41) is 19.7. The van der Waals surface area contributed by atoms with E-state index >= 15 is 0 Å². The molecule has 1 atom stereocenters. The molecule has 0 bridgehead atoms. The van der Waals surface area contributed by atoms with Gasteiger partial charge in [0.05, 0.1) is 30.2 Å². The predicted octanol–water partition coefficient (Wildman–Crippen LogP) is 4.00. The van der Waals surface area contributed by atoms with Crippen LogP contribution in [-0.2, 0) is 6.42 Å². The molecule has 166 valence electrons. The SMILES string of the molecule is Cc1ccc([C@H](CO)n2cc(C#N)cc(Cc3ccc(-n4cnc(C)c4)c(C)c3)c2=O)cc1. The van der Waals surface area contributed by atoms with Gasteiger partial charge in [-0.2, -0.15) is 5.26 Å². The van der Waals surface area contributed by atoms with Gasteiger partial charge < -0.3 is 14.2 Å². The summed E-state index contributed by atoms with van der Waals surface area (Å²) in [4.78, 5) is 17.7. The molecule has 2 aromatic carbocycles. The number of hydrogen-bond acceptors (Lipinski definition) is 4. The lowest BCUT2D eigenvalue weighted by Crippen LogP contribution is -2.30. The molecule has 0 amide bonds. The minimum absolute atomic E-state index is 0.208. The van der Waals surface area contributed by atoms with Crippen LogP contribution in [0.1, 0.15) is 45.1 Å². The number of imidazole rings is 1. The number of nitrogens with zero attached hydrogens (tertiary/aromatic N) is 4. The zero-order valence-corrected chi connectivity index (χ0v) is 19.0. The van der Waals surface area contributed by atoms with Crippen LogP contribution in [0.3, 0.4) is 0 Å². The summed E-state index contributed by atoms with van der Waals surface area (Å²) in [6.45, 7) is 5.72. The molecule has 6 heteroatoms. The average molecular weight is 439 g/mol. The quantitative estimate of drug-likeness (QED) is 0.493. The molecule has 0 radical (unpaired) electrons. The van der Waals surface area contributed by atoms with E-state index in [4.69, 9.17) is 0 Å². The maximum atomic E-state index is 13.4. The fourth-order valence-electron chi connectivity index (χ4n) is 4.11. The number of aliphatic hydroxyl groups is 1. The van der Waals surface area contributed by atoms with Crippen LogP contribution in [0.15, 0.2) is 72.0 Å². The van der Waals surface area contributed by atoms with Crippen molar-refractivity contribution in [1.29, 1.82) is 5.26 Å². The van der Waals surface area contributed by atoms with Gasteiger partial charge in [-0.15, -0.1) is 0 Å². The molecule has 0 spiro atoms. The van der Waals surface area contributed by atoms with Crippen LogP contribution in [0.2, 0.25) is 0 Å². The minimum atomic E-state index is -0.557. The van der Waals surface area contributed by atoms with Gasteiger partial charge >= 0.3 is 0 Å². The van der Waals surface area contributed by atoms with Crippen LogP contribution >= 0.6 is 0 Å². The smallest absolute Gasteiger partial charge is 0.254 e. The summed E-state index contributed by atoms with van der Waals surface area (Å²) in [7, 11) is 0. The van der Waals surface area contributed by atoms with E-state index in [1.807, 2.05) is 67.9 Å².